The molecule has 2 aliphatic heterocycles. The Balaban J connectivity index is 0.000000212. The van der Waals surface area contributed by atoms with Crippen molar-refractivity contribution in [1.82, 2.24) is 18.9 Å². The van der Waals surface area contributed by atoms with Gasteiger partial charge in [-0.05, 0) is 82.2 Å². The molecular formula is C53H55ClF4N4O10. The van der Waals surface area contributed by atoms with Crippen LogP contribution in [0.15, 0.2) is 88.7 Å². The average Bonchev–Trinajstić information content (AvgIpc) is 4.25. The molecule has 4 aliphatic rings. The molecule has 0 bridgehead atoms. The molecule has 0 radical (unpaired) electrons. The Bertz CT molecular complexity index is 3070. The van der Waals surface area contributed by atoms with Crippen LogP contribution in [0.1, 0.15) is 112 Å². The van der Waals surface area contributed by atoms with Crippen LogP contribution in [0.4, 0.5) is 17.6 Å². The number of ether oxygens (including phenoxy) is 1. The third kappa shape index (κ3) is 9.83. The number of aryl methyl sites for hydroxylation is 2. The molecule has 3 N–H and O–H groups in total. The maximum absolute atomic E-state index is 14.2. The fourth-order valence-corrected chi connectivity index (χ4v) is 9.95. The van der Waals surface area contributed by atoms with Crippen LogP contribution < -0.4 is 15.6 Å². The first-order chi connectivity index (χ1) is 33.8. The number of rotatable bonds is 15. The summed E-state index contributed by atoms with van der Waals surface area (Å²) in [6.07, 6.45) is 3.27. The van der Waals surface area contributed by atoms with Gasteiger partial charge in [0.2, 0.25) is 10.9 Å². The molecule has 3 aromatic carbocycles. The van der Waals surface area contributed by atoms with Gasteiger partial charge in [-0.1, -0.05) is 42.5 Å². The molecule has 2 saturated carbocycles. The van der Waals surface area contributed by atoms with Crippen molar-refractivity contribution in [2.45, 2.75) is 96.0 Å². The number of hydrogen-bond donors (Lipinski definition) is 3. The van der Waals surface area contributed by atoms with Gasteiger partial charge in [0.1, 0.15) is 29.9 Å². The Hall–Kier alpha value is -6.63. The number of amides is 2. The van der Waals surface area contributed by atoms with E-state index in [4.69, 9.17) is 4.74 Å². The van der Waals surface area contributed by atoms with E-state index in [1.54, 1.807) is 14.4 Å². The quantitative estimate of drug-likeness (QED) is 0.0749. The molecule has 0 saturated heterocycles. The fraction of sp³-hybridized carbons (Fsp3) is 0.396. The first-order valence-corrected chi connectivity index (χ1v) is 23.5. The first-order valence-electron chi connectivity index (χ1n) is 23.5. The summed E-state index contributed by atoms with van der Waals surface area (Å²) in [7, 11) is 0. The summed E-state index contributed by atoms with van der Waals surface area (Å²) in [5, 5.41) is 30.4. The number of Topliss-reactive ketones (excluding diaryl/α,β-unsaturated/α-hetero) is 2. The molecule has 19 heteroatoms. The summed E-state index contributed by atoms with van der Waals surface area (Å²) in [6.45, 7) is 7.78. The van der Waals surface area contributed by atoms with E-state index in [2.05, 4.69) is 0 Å². The average molecular weight is 1020 g/mol. The zero-order valence-corrected chi connectivity index (χ0v) is 40.8. The predicted octanol–water partition coefficient (Wildman–Crippen LogP) is 6.73. The second-order valence-electron chi connectivity index (χ2n) is 19.4. The topological polar surface area (TPSA) is 189 Å². The number of aliphatic hydroxyl groups is 2. The molecule has 2 amide bonds. The van der Waals surface area contributed by atoms with E-state index >= 15 is 0 Å². The SMILES string of the molecule is CC(C)N1C[C@@]2(C[C@@H]2CO)n2cc(C(=O)CCc3ccc(F)cc3F)c(=O)c(O)c2C1=O.CC(C)N1C[C@@]2(C[C@@H]2CO)n2cc(C(=O)CCc3ccc(F)cc3F)c(=O)c(OCc3ccccc3)c2C1=O.Cl. The van der Waals surface area contributed by atoms with Crippen LogP contribution in [0.5, 0.6) is 11.5 Å². The molecule has 2 fully saturated rings. The van der Waals surface area contributed by atoms with Gasteiger partial charge < -0.3 is 39.0 Å². The van der Waals surface area contributed by atoms with Crippen molar-refractivity contribution in [3.63, 3.8) is 0 Å². The van der Waals surface area contributed by atoms with E-state index < -0.39 is 68.4 Å². The minimum atomic E-state index is -0.962. The van der Waals surface area contributed by atoms with E-state index in [9.17, 15) is 61.6 Å². The molecule has 0 unspecified atom stereocenters. The van der Waals surface area contributed by atoms with Crippen LogP contribution in [0.25, 0.3) is 0 Å². The number of ketones is 2. The molecule has 4 atom stereocenters. The van der Waals surface area contributed by atoms with Gasteiger partial charge in [-0.2, -0.15) is 0 Å². The fourth-order valence-electron chi connectivity index (χ4n) is 9.95. The van der Waals surface area contributed by atoms with Gasteiger partial charge in [0, 0.05) is 87.6 Å². The predicted molar refractivity (Wildman–Crippen MR) is 258 cm³/mol. The summed E-state index contributed by atoms with van der Waals surface area (Å²) in [5.74, 6) is -6.43. The number of pyridine rings is 2. The van der Waals surface area contributed by atoms with Crippen molar-refractivity contribution in [2.24, 2.45) is 11.8 Å². The second kappa shape index (κ2) is 20.8. The highest BCUT2D eigenvalue weighted by molar-refractivity contribution is 6.01. The summed E-state index contributed by atoms with van der Waals surface area (Å²) >= 11 is 0. The molecule has 14 nitrogen and oxygen atoms in total. The number of fused-ring (bicyclic) bond motifs is 4. The lowest BCUT2D eigenvalue weighted by Crippen LogP contribution is -2.52. The summed E-state index contributed by atoms with van der Waals surface area (Å²) in [5.41, 5.74) is -2.58. The normalized spacial score (nSPS) is 20.5. The van der Waals surface area contributed by atoms with Crippen LogP contribution in [0.2, 0.25) is 0 Å². The van der Waals surface area contributed by atoms with Crippen LogP contribution >= 0.6 is 12.4 Å². The van der Waals surface area contributed by atoms with Gasteiger partial charge in [0.25, 0.3) is 11.8 Å². The molecule has 4 heterocycles. The van der Waals surface area contributed by atoms with E-state index in [0.717, 1.165) is 29.8 Å². The van der Waals surface area contributed by atoms with E-state index in [0.29, 0.717) is 25.9 Å². The summed E-state index contributed by atoms with van der Waals surface area (Å²) in [6, 6.07) is 15.0. The highest BCUT2D eigenvalue weighted by Crippen LogP contribution is 2.55. The van der Waals surface area contributed by atoms with Gasteiger partial charge in [-0.25, -0.2) is 17.6 Å². The van der Waals surface area contributed by atoms with Crippen LogP contribution in [-0.4, -0.2) is 96.0 Å². The monoisotopic (exact) mass is 1020 g/mol. The lowest BCUT2D eigenvalue weighted by atomic mass is 9.99. The molecule has 9 rings (SSSR count). The van der Waals surface area contributed by atoms with Crippen molar-refractivity contribution in [1.29, 1.82) is 0 Å². The number of halogens is 5. The third-order valence-electron chi connectivity index (χ3n) is 14.3. The van der Waals surface area contributed by atoms with Gasteiger partial charge in [-0.3, -0.25) is 28.8 Å². The summed E-state index contributed by atoms with van der Waals surface area (Å²) < 4.78 is 63.6. The van der Waals surface area contributed by atoms with Crippen molar-refractivity contribution in [3.8, 4) is 11.5 Å². The van der Waals surface area contributed by atoms with Crippen molar-refractivity contribution in [2.75, 3.05) is 26.3 Å². The number of carbonyl (C=O) groups excluding carboxylic acids is 4. The zero-order chi connectivity index (χ0) is 51.3. The molecular weight excluding hydrogens is 964 g/mol. The molecule has 2 aromatic heterocycles. The number of nitrogens with zero attached hydrogens (tertiary/aromatic N) is 4. The molecule has 72 heavy (non-hydrogen) atoms. The van der Waals surface area contributed by atoms with E-state index in [1.165, 1.54) is 29.1 Å². The van der Waals surface area contributed by atoms with Crippen LogP contribution in [0.3, 0.4) is 0 Å². The Morgan fingerprint density at radius 3 is 1.54 bits per heavy atom. The van der Waals surface area contributed by atoms with Gasteiger partial charge in [0.15, 0.2) is 34.5 Å². The van der Waals surface area contributed by atoms with E-state index in [-0.39, 0.29) is 127 Å². The molecule has 2 spiro atoms. The highest BCUT2D eigenvalue weighted by Gasteiger charge is 2.62. The minimum absolute atomic E-state index is 0. The highest BCUT2D eigenvalue weighted by atomic mass is 35.5. The van der Waals surface area contributed by atoms with E-state index in [1.807, 2.05) is 58.0 Å². The molecule has 382 valence electrons. The van der Waals surface area contributed by atoms with Crippen LogP contribution in [0, 0.1) is 35.1 Å². The van der Waals surface area contributed by atoms with Gasteiger partial charge in [0.05, 0.1) is 22.2 Å². The molecule has 5 aromatic rings. The Morgan fingerprint density at radius 1 is 0.667 bits per heavy atom. The van der Waals surface area contributed by atoms with Gasteiger partial charge >= 0.3 is 0 Å². The molecule has 2 aliphatic carbocycles. The number of aromatic hydroxyl groups is 1. The second-order valence-corrected chi connectivity index (χ2v) is 19.4. The number of carbonyl (C=O) groups is 4. The zero-order valence-electron chi connectivity index (χ0n) is 40.0. The largest absolute Gasteiger partial charge is 0.503 e. The Labute approximate surface area is 417 Å². The summed E-state index contributed by atoms with van der Waals surface area (Å²) in [4.78, 5) is 82.6. The maximum Gasteiger partial charge on any atom is 0.274 e. The minimum Gasteiger partial charge on any atom is -0.503 e. The Morgan fingerprint density at radius 2 is 1.11 bits per heavy atom. The van der Waals surface area contributed by atoms with Crippen LogP contribution in [-0.2, 0) is 30.5 Å². The lowest BCUT2D eigenvalue weighted by Gasteiger charge is -2.40. The standard InChI is InChI=1S/C30H30F2N2O5.C23H24F2N2O5.ClH/c1-18(2)33-17-30(13-21(30)15-35)34-14-23(25(36)11-9-20-8-10-22(31)12-24(20)32)27(37)28(26(34)29(33)38)39-16-19-6-4-3-5-7-19;1-12(2)26-11-23(8-14(23)10-28)27-9-16(20(30)21(31)19(27)22(26)32)18(29)6-4-13-3-5-15(24)7-17(13)25;/h3-8,10,12,14,18,21,35H,9,11,13,15-17H2,1-2H3;3,5,7,9,12,14,28,31H,4,6,8,10-11H2,1-2H3;1H/t21-,30-;14-,23-;/m11./s1. The lowest BCUT2D eigenvalue weighted by molar-refractivity contribution is 0.0544. The smallest absolute Gasteiger partial charge is 0.274 e. The first kappa shape index (κ1) is 53.2. The number of benzene rings is 3. The number of aromatic nitrogens is 2. The van der Waals surface area contributed by atoms with Crippen molar-refractivity contribution in [3.05, 3.63) is 162 Å². The van der Waals surface area contributed by atoms with Crippen molar-refractivity contribution < 1.29 is 56.8 Å². The van der Waals surface area contributed by atoms with Crippen molar-refractivity contribution >= 4 is 35.8 Å². The van der Waals surface area contributed by atoms with Gasteiger partial charge in [-0.15, -0.1) is 12.4 Å². The number of aliphatic hydroxyl groups excluding tert-OH is 2. The number of hydrogen-bond acceptors (Lipinski definition) is 10. The Kier molecular flexibility index (Phi) is 15.4. The third-order valence-corrected chi connectivity index (χ3v) is 14.3. The maximum atomic E-state index is 14.2.